The third kappa shape index (κ3) is 4.78. The lowest BCUT2D eigenvalue weighted by Crippen LogP contribution is -2.02. The maximum Gasteiger partial charge on any atom is 0.0721 e. The molecule has 0 aliphatic heterocycles. The molecule has 19 heavy (non-hydrogen) atoms. The van der Waals surface area contributed by atoms with Crippen LogP contribution in [0.25, 0.3) is 0 Å². The van der Waals surface area contributed by atoms with Crippen LogP contribution in [0.4, 0.5) is 0 Å². The minimum absolute atomic E-state index is 0.637. The van der Waals surface area contributed by atoms with Crippen molar-refractivity contribution < 1.29 is 4.74 Å². The van der Waals surface area contributed by atoms with Gasteiger partial charge in [-0.15, -0.1) is 0 Å². The molecule has 0 aromatic heterocycles. The summed E-state index contributed by atoms with van der Waals surface area (Å²) in [6.07, 6.45) is 0.931. The van der Waals surface area contributed by atoms with Crippen LogP contribution in [0.5, 0.6) is 0 Å². The van der Waals surface area contributed by atoms with Gasteiger partial charge in [-0.1, -0.05) is 52.3 Å². The van der Waals surface area contributed by atoms with E-state index in [1.54, 1.807) is 0 Å². The first-order valence-electron chi connectivity index (χ1n) is 6.38. The zero-order valence-electron chi connectivity index (χ0n) is 10.8. The fraction of sp³-hybridized carbons (Fsp3) is 0.250. The van der Waals surface area contributed by atoms with Crippen molar-refractivity contribution in [3.05, 3.63) is 69.7 Å². The monoisotopic (exact) mass is 319 g/mol. The first kappa shape index (κ1) is 14.3. The lowest BCUT2D eigenvalue weighted by atomic mass is 10.1. The molecule has 2 aromatic carbocycles. The molecular weight excluding hydrogens is 302 g/mol. The Labute approximate surface area is 122 Å². The summed E-state index contributed by atoms with van der Waals surface area (Å²) in [6, 6.07) is 16.6. The van der Waals surface area contributed by atoms with E-state index in [0.717, 1.165) is 10.9 Å². The van der Waals surface area contributed by atoms with Crippen molar-refractivity contribution >= 4 is 15.9 Å². The smallest absolute Gasteiger partial charge is 0.0721 e. The Morgan fingerprint density at radius 3 is 1.79 bits per heavy atom. The molecule has 0 unspecified atom stereocenters. The second-order valence-corrected chi connectivity index (χ2v) is 5.39. The number of rotatable bonds is 6. The molecule has 2 N–H and O–H groups in total. The lowest BCUT2D eigenvalue weighted by Gasteiger charge is -2.06. The highest BCUT2D eigenvalue weighted by atomic mass is 79.9. The fourth-order valence-corrected chi connectivity index (χ4v) is 2.10. The maximum absolute atomic E-state index is 5.71. The molecular formula is C16H18BrNO. The van der Waals surface area contributed by atoms with Crippen molar-refractivity contribution in [1.82, 2.24) is 0 Å². The number of nitrogens with two attached hydrogens (primary N) is 1. The first-order chi connectivity index (χ1) is 9.28. The number of hydrogen-bond donors (Lipinski definition) is 1. The van der Waals surface area contributed by atoms with Gasteiger partial charge in [-0.3, -0.25) is 0 Å². The first-order valence-corrected chi connectivity index (χ1v) is 7.17. The topological polar surface area (TPSA) is 35.2 Å². The van der Waals surface area contributed by atoms with E-state index in [1.165, 1.54) is 16.7 Å². The lowest BCUT2D eigenvalue weighted by molar-refractivity contribution is 0.107. The number of benzene rings is 2. The van der Waals surface area contributed by atoms with Crippen LogP contribution in [0.2, 0.25) is 0 Å². The van der Waals surface area contributed by atoms with Gasteiger partial charge >= 0.3 is 0 Å². The summed E-state index contributed by atoms with van der Waals surface area (Å²) >= 11 is 3.42. The Morgan fingerprint density at radius 1 is 0.789 bits per heavy atom. The highest BCUT2D eigenvalue weighted by Gasteiger charge is 1.97. The van der Waals surface area contributed by atoms with Crippen LogP contribution in [0.15, 0.2) is 53.0 Å². The van der Waals surface area contributed by atoms with Crippen molar-refractivity contribution in [1.29, 1.82) is 0 Å². The standard InChI is InChI=1S/C16H18BrNO/c17-16-7-5-15(6-8-16)12-19-11-14-3-1-13(2-4-14)9-10-18/h1-8H,9-12,18H2. The van der Waals surface area contributed by atoms with Gasteiger partial charge in [-0.05, 0) is 41.8 Å². The summed E-state index contributed by atoms with van der Waals surface area (Å²) < 4.78 is 6.80. The molecule has 3 heteroatoms. The van der Waals surface area contributed by atoms with Gasteiger partial charge in [0.25, 0.3) is 0 Å². The van der Waals surface area contributed by atoms with Crippen LogP contribution < -0.4 is 5.73 Å². The molecule has 2 rings (SSSR count). The van der Waals surface area contributed by atoms with Crippen molar-refractivity contribution in [3.63, 3.8) is 0 Å². The number of halogens is 1. The highest BCUT2D eigenvalue weighted by molar-refractivity contribution is 9.10. The SMILES string of the molecule is NCCc1ccc(COCc2ccc(Br)cc2)cc1. The van der Waals surface area contributed by atoms with Gasteiger partial charge < -0.3 is 10.5 Å². The zero-order chi connectivity index (χ0) is 13.5. The summed E-state index contributed by atoms with van der Waals surface area (Å²) in [5.74, 6) is 0. The number of hydrogen-bond acceptors (Lipinski definition) is 2. The van der Waals surface area contributed by atoms with Gasteiger partial charge in [0.2, 0.25) is 0 Å². The summed E-state index contributed by atoms with van der Waals surface area (Å²) in [6.45, 7) is 1.97. The Morgan fingerprint density at radius 2 is 1.26 bits per heavy atom. The van der Waals surface area contributed by atoms with E-state index in [-0.39, 0.29) is 0 Å². The average molecular weight is 320 g/mol. The summed E-state index contributed by atoms with van der Waals surface area (Å²) in [5.41, 5.74) is 9.18. The normalized spacial score (nSPS) is 10.6. The molecule has 2 aromatic rings. The molecule has 0 saturated heterocycles. The Hall–Kier alpha value is -1.16. The van der Waals surface area contributed by atoms with E-state index < -0.39 is 0 Å². The summed E-state index contributed by atoms with van der Waals surface area (Å²) in [5, 5.41) is 0. The average Bonchev–Trinajstić information content (AvgIpc) is 2.43. The molecule has 0 heterocycles. The summed E-state index contributed by atoms with van der Waals surface area (Å²) in [7, 11) is 0. The van der Waals surface area contributed by atoms with Gasteiger partial charge in [0, 0.05) is 4.47 Å². The van der Waals surface area contributed by atoms with E-state index in [0.29, 0.717) is 19.8 Å². The van der Waals surface area contributed by atoms with Crippen molar-refractivity contribution in [2.75, 3.05) is 6.54 Å². The second kappa shape index (κ2) is 7.43. The van der Waals surface area contributed by atoms with Crippen LogP contribution in [-0.2, 0) is 24.4 Å². The van der Waals surface area contributed by atoms with Gasteiger partial charge in [-0.2, -0.15) is 0 Å². The molecule has 2 nitrogen and oxygen atoms in total. The van der Waals surface area contributed by atoms with E-state index in [2.05, 4.69) is 52.3 Å². The van der Waals surface area contributed by atoms with Gasteiger partial charge in [0.1, 0.15) is 0 Å². The van der Waals surface area contributed by atoms with E-state index in [9.17, 15) is 0 Å². The predicted molar refractivity (Wildman–Crippen MR) is 81.8 cm³/mol. The minimum atomic E-state index is 0.637. The molecule has 0 aliphatic carbocycles. The van der Waals surface area contributed by atoms with Crippen LogP contribution in [-0.4, -0.2) is 6.54 Å². The Balaban J connectivity index is 1.80. The van der Waals surface area contributed by atoms with Crippen molar-refractivity contribution in [2.24, 2.45) is 5.73 Å². The molecule has 0 radical (unpaired) electrons. The molecule has 0 amide bonds. The van der Waals surface area contributed by atoms with Crippen LogP contribution in [0.1, 0.15) is 16.7 Å². The van der Waals surface area contributed by atoms with Crippen molar-refractivity contribution in [3.8, 4) is 0 Å². The van der Waals surface area contributed by atoms with Gasteiger partial charge in [0.05, 0.1) is 13.2 Å². The predicted octanol–water partition coefficient (Wildman–Crippen LogP) is 3.67. The van der Waals surface area contributed by atoms with E-state index in [1.807, 2.05) is 12.1 Å². The van der Waals surface area contributed by atoms with E-state index >= 15 is 0 Å². The van der Waals surface area contributed by atoms with Crippen LogP contribution in [0, 0.1) is 0 Å². The quantitative estimate of drug-likeness (QED) is 0.881. The third-order valence-electron chi connectivity index (χ3n) is 2.91. The van der Waals surface area contributed by atoms with Crippen LogP contribution in [0.3, 0.4) is 0 Å². The number of ether oxygens (including phenoxy) is 1. The second-order valence-electron chi connectivity index (χ2n) is 4.47. The molecule has 100 valence electrons. The van der Waals surface area contributed by atoms with Gasteiger partial charge in [-0.25, -0.2) is 0 Å². The molecule has 0 bridgehead atoms. The van der Waals surface area contributed by atoms with E-state index in [4.69, 9.17) is 10.5 Å². The van der Waals surface area contributed by atoms with Gasteiger partial charge in [0.15, 0.2) is 0 Å². The Kier molecular flexibility index (Phi) is 5.58. The Bertz CT molecular complexity index is 493. The third-order valence-corrected chi connectivity index (χ3v) is 3.44. The molecule has 0 spiro atoms. The molecule has 0 aliphatic rings. The van der Waals surface area contributed by atoms with Crippen LogP contribution >= 0.6 is 15.9 Å². The minimum Gasteiger partial charge on any atom is -0.372 e. The fourth-order valence-electron chi connectivity index (χ4n) is 1.84. The summed E-state index contributed by atoms with van der Waals surface area (Å²) in [4.78, 5) is 0. The zero-order valence-corrected chi connectivity index (χ0v) is 12.4. The molecule has 0 saturated carbocycles. The van der Waals surface area contributed by atoms with Crippen molar-refractivity contribution in [2.45, 2.75) is 19.6 Å². The maximum atomic E-state index is 5.71. The largest absolute Gasteiger partial charge is 0.372 e. The molecule has 0 atom stereocenters. The highest BCUT2D eigenvalue weighted by Crippen LogP contribution is 2.12. The molecule has 0 fully saturated rings.